The Balaban J connectivity index is 2.30. The van der Waals surface area contributed by atoms with E-state index in [0.717, 1.165) is 22.2 Å². The molecule has 0 aliphatic rings. The molecule has 0 bridgehead atoms. The lowest BCUT2D eigenvalue weighted by Crippen LogP contribution is -1.81. The summed E-state index contributed by atoms with van der Waals surface area (Å²) in [7, 11) is 0. The van der Waals surface area contributed by atoms with Gasteiger partial charge in [0.2, 0.25) is 0 Å². The van der Waals surface area contributed by atoms with Gasteiger partial charge in [0.1, 0.15) is 5.76 Å². The second kappa shape index (κ2) is 2.98. The minimum absolute atomic E-state index is 0.899. The molecule has 1 aromatic carbocycles. The molecule has 1 N–H and O–H groups in total. The summed E-state index contributed by atoms with van der Waals surface area (Å²) in [6, 6.07) is 8.04. The molecule has 74 valence electrons. The molecule has 0 unspecified atom stereocenters. The average Bonchev–Trinajstić information content (AvgIpc) is 2.85. The number of fused-ring (bicyclic) bond motifs is 1. The number of benzene rings is 1. The molecule has 0 aliphatic heterocycles. The van der Waals surface area contributed by atoms with Crippen molar-refractivity contribution in [1.29, 1.82) is 0 Å². The van der Waals surface area contributed by atoms with E-state index in [4.69, 9.17) is 4.42 Å². The number of hydrogen-bond donors (Lipinski definition) is 1. The molecule has 0 fully saturated rings. The fourth-order valence-corrected chi connectivity index (χ4v) is 1.80. The van der Waals surface area contributed by atoms with E-state index in [1.54, 1.807) is 6.26 Å². The monoisotopic (exact) mass is 198 g/mol. The topological polar surface area (TPSA) is 41.8 Å². The molecule has 0 saturated carbocycles. The number of rotatable bonds is 1. The van der Waals surface area contributed by atoms with Crippen LogP contribution in [0.2, 0.25) is 0 Å². The summed E-state index contributed by atoms with van der Waals surface area (Å²) >= 11 is 0. The van der Waals surface area contributed by atoms with Crippen LogP contribution in [0.4, 0.5) is 0 Å². The van der Waals surface area contributed by atoms with Crippen LogP contribution < -0.4 is 0 Å². The summed E-state index contributed by atoms with van der Waals surface area (Å²) in [5, 5.41) is 8.07. The molecule has 0 radical (unpaired) electrons. The van der Waals surface area contributed by atoms with E-state index >= 15 is 0 Å². The highest BCUT2D eigenvalue weighted by Gasteiger charge is 2.06. The van der Waals surface area contributed by atoms with Crippen molar-refractivity contribution in [2.45, 2.75) is 6.92 Å². The van der Waals surface area contributed by atoms with Crippen LogP contribution in [0.25, 0.3) is 22.2 Å². The van der Waals surface area contributed by atoms with E-state index < -0.39 is 0 Å². The van der Waals surface area contributed by atoms with Crippen LogP contribution in [0.1, 0.15) is 5.56 Å². The van der Waals surface area contributed by atoms with Crippen LogP contribution in [0.5, 0.6) is 0 Å². The van der Waals surface area contributed by atoms with Gasteiger partial charge in [-0.3, -0.25) is 5.10 Å². The van der Waals surface area contributed by atoms with Gasteiger partial charge in [-0.2, -0.15) is 5.10 Å². The summed E-state index contributed by atoms with van der Waals surface area (Å²) in [4.78, 5) is 0. The second-order valence-corrected chi connectivity index (χ2v) is 3.60. The molecule has 0 spiro atoms. The van der Waals surface area contributed by atoms with E-state index in [1.165, 1.54) is 5.56 Å². The van der Waals surface area contributed by atoms with Crippen molar-refractivity contribution in [3.63, 3.8) is 0 Å². The zero-order chi connectivity index (χ0) is 10.3. The van der Waals surface area contributed by atoms with Crippen molar-refractivity contribution in [1.82, 2.24) is 10.2 Å². The lowest BCUT2D eigenvalue weighted by atomic mass is 10.0. The molecule has 0 amide bonds. The third-order valence-electron chi connectivity index (χ3n) is 2.57. The molecule has 0 aliphatic carbocycles. The highest BCUT2D eigenvalue weighted by atomic mass is 16.3. The Bertz CT molecular complexity index is 593. The fraction of sp³-hybridized carbons (Fsp3) is 0.0833. The maximum Gasteiger partial charge on any atom is 0.134 e. The van der Waals surface area contributed by atoms with Crippen molar-refractivity contribution in [2.24, 2.45) is 0 Å². The molecule has 0 atom stereocenters. The van der Waals surface area contributed by atoms with Gasteiger partial charge >= 0.3 is 0 Å². The van der Waals surface area contributed by atoms with E-state index in [9.17, 15) is 0 Å². The minimum atomic E-state index is 0.899. The zero-order valence-electron chi connectivity index (χ0n) is 8.32. The number of aromatic amines is 1. The molecule has 15 heavy (non-hydrogen) atoms. The Kier molecular flexibility index (Phi) is 1.65. The summed E-state index contributed by atoms with van der Waals surface area (Å²) in [6.45, 7) is 2.07. The Labute approximate surface area is 86.7 Å². The summed E-state index contributed by atoms with van der Waals surface area (Å²) in [6.07, 6.45) is 3.51. The number of furan rings is 1. The minimum Gasteiger partial charge on any atom is -0.464 e. The van der Waals surface area contributed by atoms with Crippen LogP contribution in [0, 0.1) is 6.92 Å². The first-order chi connectivity index (χ1) is 7.34. The van der Waals surface area contributed by atoms with Gasteiger partial charge in [0.05, 0.1) is 18.0 Å². The molecule has 3 heteroatoms. The van der Waals surface area contributed by atoms with Gasteiger partial charge in [-0.15, -0.1) is 0 Å². The highest BCUT2D eigenvalue weighted by Crippen LogP contribution is 2.27. The Hall–Kier alpha value is -2.03. The smallest absolute Gasteiger partial charge is 0.134 e. The number of aryl methyl sites for hydroxylation is 1. The number of nitrogens with zero attached hydrogens (tertiary/aromatic N) is 1. The van der Waals surface area contributed by atoms with Gasteiger partial charge in [-0.05, 0) is 36.8 Å². The first kappa shape index (κ1) is 8.29. The van der Waals surface area contributed by atoms with E-state index in [1.807, 2.05) is 18.3 Å². The molecule has 3 aromatic rings. The first-order valence-electron chi connectivity index (χ1n) is 4.82. The Morgan fingerprint density at radius 3 is 3.07 bits per heavy atom. The van der Waals surface area contributed by atoms with Gasteiger partial charge in [0.15, 0.2) is 0 Å². The fourth-order valence-electron chi connectivity index (χ4n) is 1.80. The summed E-state index contributed by atoms with van der Waals surface area (Å²) < 4.78 is 5.40. The van der Waals surface area contributed by atoms with Gasteiger partial charge in [-0.25, -0.2) is 0 Å². The van der Waals surface area contributed by atoms with Gasteiger partial charge < -0.3 is 4.42 Å². The molecule has 2 aromatic heterocycles. The largest absolute Gasteiger partial charge is 0.464 e. The van der Waals surface area contributed by atoms with Crippen LogP contribution in [0.15, 0.2) is 41.1 Å². The quantitative estimate of drug-likeness (QED) is 0.652. The SMILES string of the molecule is Cc1cc2[nH]ncc2cc1-c1ccco1. The van der Waals surface area contributed by atoms with Crippen LogP contribution in [0.3, 0.4) is 0 Å². The molecule has 3 nitrogen and oxygen atoms in total. The Morgan fingerprint density at radius 1 is 1.33 bits per heavy atom. The van der Waals surface area contributed by atoms with Gasteiger partial charge in [0, 0.05) is 10.9 Å². The number of nitrogens with one attached hydrogen (secondary N) is 1. The predicted molar refractivity (Wildman–Crippen MR) is 58.5 cm³/mol. The average molecular weight is 198 g/mol. The standard InChI is InChI=1S/C12H10N2O/c1-8-5-11-9(7-13-14-11)6-10(8)12-3-2-4-15-12/h2-7H,1H3,(H,13,14). The molecule has 2 heterocycles. The maximum atomic E-state index is 5.40. The summed E-state index contributed by atoms with van der Waals surface area (Å²) in [5.41, 5.74) is 3.36. The van der Waals surface area contributed by atoms with Crippen molar-refractivity contribution >= 4 is 10.9 Å². The van der Waals surface area contributed by atoms with Crippen molar-refractivity contribution in [2.75, 3.05) is 0 Å². The maximum absolute atomic E-state index is 5.40. The van der Waals surface area contributed by atoms with Gasteiger partial charge in [0.25, 0.3) is 0 Å². The molecule has 0 saturated heterocycles. The summed E-state index contributed by atoms with van der Waals surface area (Å²) in [5.74, 6) is 0.899. The third-order valence-corrected chi connectivity index (χ3v) is 2.57. The van der Waals surface area contributed by atoms with Crippen molar-refractivity contribution < 1.29 is 4.42 Å². The lowest BCUT2D eigenvalue weighted by molar-refractivity contribution is 0.582. The second-order valence-electron chi connectivity index (χ2n) is 3.60. The van der Waals surface area contributed by atoms with Crippen molar-refractivity contribution in [3.8, 4) is 11.3 Å². The number of aromatic nitrogens is 2. The molecule has 3 rings (SSSR count). The van der Waals surface area contributed by atoms with E-state index in [-0.39, 0.29) is 0 Å². The normalized spacial score (nSPS) is 11.0. The first-order valence-corrected chi connectivity index (χ1v) is 4.82. The van der Waals surface area contributed by atoms with Crippen LogP contribution in [-0.2, 0) is 0 Å². The van der Waals surface area contributed by atoms with Crippen LogP contribution in [-0.4, -0.2) is 10.2 Å². The van der Waals surface area contributed by atoms with Crippen molar-refractivity contribution in [3.05, 3.63) is 42.3 Å². The lowest BCUT2D eigenvalue weighted by Gasteiger charge is -2.02. The third kappa shape index (κ3) is 1.24. The Morgan fingerprint density at radius 2 is 2.27 bits per heavy atom. The predicted octanol–water partition coefficient (Wildman–Crippen LogP) is 3.13. The zero-order valence-corrected chi connectivity index (χ0v) is 8.32. The van der Waals surface area contributed by atoms with Gasteiger partial charge in [-0.1, -0.05) is 0 Å². The van der Waals surface area contributed by atoms with E-state index in [2.05, 4.69) is 29.3 Å². The number of hydrogen-bond acceptors (Lipinski definition) is 2. The van der Waals surface area contributed by atoms with Crippen LogP contribution >= 0.6 is 0 Å². The van der Waals surface area contributed by atoms with E-state index in [0.29, 0.717) is 0 Å². The highest BCUT2D eigenvalue weighted by molar-refractivity contribution is 5.84. The molecular formula is C12H10N2O. The number of H-pyrrole nitrogens is 1. The molecular weight excluding hydrogens is 188 g/mol.